The molecule has 2 amide bonds. The van der Waals surface area contributed by atoms with E-state index in [-0.39, 0.29) is 58.5 Å². The van der Waals surface area contributed by atoms with Crippen LogP contribution in [0.4, 0.5) is 9.18 Å². The smallest absolute Gasteiger partial charge is 0.407 e. The molecule has 0 aromatic heterocycles. The number of unbranched alkanes of at least 4 members (excludes halogenated alkanes) is 25. The van der Waals surface area contributed by atoms with Crippen LogP contribution in [0.25, 0.3) is 0 Å². The lowest BCUT2D eigenvalue weighted by Gasteiger charge is -2.27. The Hall–Kier alpha value is -4.08. The van der Waals surface area contributed by atoms with Crippen molar-refractivity contribution in [1.82, 2.24) is 10.2 Å². The fraction of sp³-hybridized carbons (Fsp3) is 0.833. The minimum atomic E-state index is -1.10. The van der Waals surface area contributed by atoms with Gasteiger partial charge in [-0.3, -0.25) is 33.7 Å². The van der Waals surface area contributed by atoms with E-state index < -0.39 is 78.4 Å². The minimum absolute atomic E-state index is 0.0345. The average Bonchev–Trinajstić information content (AvgIpc) is 3.73. The van der Waals surface area contributed by atoms with E-state index in [1.54, 1.807) is 0 Å². The number of ketones is 1. The second kappa shape index (κ2) is 40.5. The molecule has 1 N–H and O–H groups in total. The Labute approximate surface area is 419 Å². The Balaban J connectivity index is 1.86. The topological polar surface area (TPSA) is 190 Å². The van der Waals surface area contributed by atoms with Gasteiger partial charge in [-0.25, -0.2) is 9.18 Å². The van der Waals surface area contributed by atoms with Crippen molar-refractivity contribution >= 4 is 41.7 Å². The molecule has 16 heteroatoms. The number of amides is 2. The Morgan fingerprint density at radius 1 is 0.600 bits per heavy atom. The number of hydrogen-bond donors (Lipinski definition) is 1. The third-order valence-electron chi connectivity index (χ3n) is 12.7. The number of rotatable bonds is 43. The van der Waals surface area contributed by atoms with E-state index in [9.17, 15) is 38.0 Å². The van der Waals surface area contributed by atoms with E-state index in [0.717, 1.165) is 68.9 Å². The highest BCUT2D eigenvalue weighted by atomic mass is 19.1. The van der Waals surface area contributed by atoms with Gasteiger partial charge >= 0.3 is 30.0 Å². The summed E-state index contributed by atoms with van der Waals surface area (Å²) in [6, 6.07) is 0. The molecule has 0 spiro atoms. The molecule has 1 unspecified atom stereocenters. The lowest BCUT2D eigenvalue weighted by Crippen LogP contribution is -2.40. The van der Waals surface area contributed by atoms with Gasteiger partial charge in [0.2, 0.25) is 11.7 Å². The van der Waals surface area contributed by atoms with Crippen LogP contribution in [-0.2, 0) is 57.2 Å². The molecule has 2 heterocycles. The van der Waals surface area contributed by atoms with Gasteiger partial charge in [0.15, 0.2) is 11.9 Å². The molecule has 0 aromatic rings. The van der Waals surface area contributed by atoms with Crippen molar-refractivity contribution in [2.75, 3.05) is 26.4 Å². The number of carbonyl (C=O) groups is 7. The molecule has 15 nitrogen and oxygen atoms in total. The number of carbonyl (C=O) groups excluding carboxylic acids is 7. The quantitative estimate of drug-likeness (QED) is 0.0263. The average molecular weight is 995 g/mol. The van der Waals surface area contributed by atoms with E-state index in [2.05, 4.69) is 26.1 Å². The Morgan fingerprint density at radius 3 is 1.47 bits per heavy atom. The molecule has 0 aliphatic carbocycles. The van der Waals surface area contributed by atoms with Crippen LogP contribution in [0, 0.1) is 0 Å². The third kappa shape index (κ3) is 30.6. The predicted molar refractivity (Wildman–Crippen MR) is 265 cm³/mol. The fourth-order valence-corrected chi connectivity index (χ4v) is 8.45. The fourth-order valence-electron chi connectivity index (χ4n) is 8.45. The first-order valence-corrected chi connectivity index (χ1v) is 27.4. The highest BCUT2D eigenvalue weighted by Crippen LogP contribution is 2.30. The molecule has 2 aliphatic rings. The van der Waals surface area contributed by atoms with Crippen molar-refractivity contribution in [3.8, 4) is 0 Å². The van der Waals surface area contributed by atoms with E-state index in [1.807, 2.05) is 0 Å². The van der Waals surface area contributed by atoms with Crippen LogP contribution < -0.4 is 5.32 Å². The summed E-state index contributed by atoms with van der Waals surface area (Å²) in [7, 11) is 0. The molecule has 0 bridgehead atoms. The second-order valence-electron chi connectivity index (χ2n) is 19.1. The van der Waals surface area contributed by atoms with Crippen LogP contribution >= 0.6 is 0 Å². The summed E-state index contributed by atoms with van der Waals surface area (Å²) >= 11 is 0. The summed E-state index contributed by atoms with van der Waals surface area (Å²) in [6.45, 7) is 5.38. The van der Waals surface area contributed by atoms with Crippen molar-refractivity contribution in [3.63, 3.8) is 0 Å². The van der Waals surface area contributed by atoms with Gasteiger partial charge < -0.3 is 33.7 Å². The predicted octanol–water partition coefficient (Wildman–Crippen LogP) is 11.9. The van der Waals surface area contributed by atoms with Crippen LogP contribution in [0.15, 0.2) is 12.0 Å². The first-order valence-electron chi connectivity index (χ1n) is 27.4. The Kier molecular flexibility index (Phi) is 35.9. The van der Waals surface area contributed by atoms with Crippen molar-refractivity contribution < 1.29 is 66.4 Å². The zero-order chi connectivity index (χ0) is 51.0. The molecule has 4 atom stereocenters. The zero-order valence-corrected chi connectivity index (χ0v) is 43.4. The highest BCUT2D eigenvalue weighted by Gasteiger charge is 2.44. The van der Waals surface area contributed by atoms with Crippen LogP contribution in [0.5, 0.6) is 0 Å². The number of nitrogens with one attached hydrogen (secondary N) is 1. The zero-order valence-electron chi connectivity index (χ0n) is 43.4. The number of alkyl carbamates (subject to hydrolysis) is 1. The second-order valence-corrected chi connectivity index (χ2v) is 19.1. The van der Waals surface area contributed by atoms with Gasteiger partial charge in [-0.2, -0.15) is 0 Å². The van der Waals surface area contributed by atoms with Gasteiger partial charge in [-0.05, 0) is 19.3 Å². The first-order chi connectivity index (χ1) is 34.0. The van der Waals surface area contributed by atoms with Crippen molar-refractivity contribution in [3.05, 3.63) is 12.0 Å². The molecule has 2 aliphatic heterocycles. The van der Waals surface area contributed by atoms with E-state index >= 15 is 0 Å². The minimum Gasteiger partial charge on any atom is -0.463 e. The van der Waals surface area contributed by atoms with Crippen LogP contribution in [0.2, 0.25) is 0 Å². The van der Waals surface area contributed by atoms with Crippen molar-refractivity contribution in [2.24, 2.45) is 0 Å². The number of nitrogens with zero attached hydrogens (tertiary/aromatic N) is 1. The molecule has 1 fully saturated rings. The van der Waals surface area contributed by atoms with E-state index in [1.165, 1.54) is 103 Å². The molecule has 70 heavy (non-hydrogen) atoms. The molecular formula is C54H91FN2O13. The number of esters is 4. The SMILES string of the molecule is CCCCCCCCCCCCC(=O)OCC(COC(=O)CCCCCCCCCCC)OC(=O)NCCC(=O)OC[C@H]1O[C@@H](N2C=C(F)C(=O)CC2=O)C[C@@H]1OC(=O)CCCCCCCCCCC. The van der Waals surface area contributed by atoms with Gasteiger partial charge in [-0.1, -0.05) is 181 Å². The Morgan fingerprint density at radius 2 is 1.01 bits per heavy atom. The lowest BCUT2D eigenvalue weighted by molar-refractivity contribution is -0.161. The number of hydrogen-bond acceptors (Lipinski definition) is 13. The summed E-state index contributed by atoms with van der Waals surface area (Å²) < 4.78 is 47.7. The van der Waals surface area contributed by atoms with E-state index in [0.29, 0.717) is 19.3 Å². The van der Waals surface area contributed by atoms with Crippen LogP contribution in [0.3, 0.4) is 0 Å². The van der Waals surface area contributed by atoms with Gasteiger partial charge in [-0.15, -0.1) is 0 Å². The Bertz CT molecular complexity index is 1530. The standard InChI is InChI=1S/C54H91FN2O13/c1-4-7-10-13-16-19-22-24-27-30-33-51(61)66-41-43(40-65-50(60)32-29-26-23-20-17-14-11-8-5-2)68-54(64)56-36-35-52(62)67-42-47-46(38-49(69-47)57-39-44(55)45(58)37-48(57)59)70-53(63)34-31-28-25-21-18-15-12-9-6-3/h39,43,46-47,49H,4-38,40-42H2,1-3H3,(H,56,64)/t43?,46-,47+,49+/m0/s1. The van der Waals surface area contributed by atoms with Gasteiger partial charge in [0.25, 0.3) is 0 Å². The lowest BCUT2D eigenvalue weighted by atomic mass is 10.1. The summed E-state index contributed by atoms with van der Waals surface area (Å²) in [5.74, 6) is -4.81. The number of allylic oxidation sites excluding steroid dienone is 1. The summed E-state index contributed by atoms with van der Waals surface area (Å²) in [5.41, 5.74) is 0. The summed E-state index contributed by atoms with van der Waals surface area (Å²) in [6.07, 6.45) is 26.2. The highest BCUT2D eigenvalue weighted by molar-refractivity contribution is 6.08. The van der Waals surface area contributed by atoms with Crippen LogP contribution in [0.1, 0.15) is 239 Å². The first kappa shape index (κ1) is 62.0. The van der Waals surface area contributed by atoms with Crippen molar-refractivity contribution in [1.29, 1.82) is 0 Å². The number of ether oxygens (including phenoxy) is 6. The molecule has 0 aromatic carbocycles. The maximum Gasteiger partial charge on any atom is 0.407 e. The third-order valence-corrected chi connectivity index (χ3v) is 12.7. The van der Waals surface area contributed by atoms with Gasteiger partial charge in [0.05, 0.1) is 12.8 Å². The summed E-state index contributed by atoms with van der Waals surface area (Å²) in [4.78, 5) is 89.2. The molecule has 0 radical (unpaired) electrons. The van der Waals surface area contributed by atoms with E-state index in [4.69, 9.17) is 28.4 Å². The molecular weight excluding hydrogens is 904 g/mol. The monoisotopic (exact) mass is 995 g/mol. The maximum atomic E-state index is 14.2. The maximum absolute atomic E-state index is 14.2. The van der Waals surface area contributed by atoms with Crippen LogP contribution in [-0.4, -0.2) is 97.5 Å². The molecule has 402 valence electrons. The molecule has 0 saturated carbocycles. The largest absolute Gasteiger partial charge is 0.463 e. The molecule has 1 saturated heterocycles. The normalized spacial score (nSPS) is 17.2. The summed E-state index contributed by atoms with van der Waals surface area (Å²) in [5, 5.41) is 2.47. The van der Waals surface area contributed by atoms with Gasteiger partial charge in [0.1, 0.15) is 38.3 Å². The van der Waals surface area contributed by atoms with Gasteiger partial charge in [0, 0.05) is 38.4 Å². The number of Topliss-reactive ketones (excluding diaryl/α,β-unsaturated/α-hetero) is 1. The molecule has 2 rings (SSSR count). The number of halogens is 1. The van der Waals surface area contributed by atoms with Crippen molar-refractivity contribution in [2.45, 2.75) is 264 Å².